The number of amides is 1. The number of aromatic nitrogens is 2. The fraction of sp³-hybridized carbons (Fsp3) is 0.167. The van der Waals surface area contributed by atoms with Crippen LogP contribution in [0.2, 0.25) is 0 Å². The average Bonchev–Trinajstić information content (AvgIpc) is 3.05. The summed E-state index contributed by atoms with van der Waals surface area (Å²) in [5, 5.41) is 10.6. The van der Waals surface area contributed by atoms with E-state index in [1.165, 1.54) is 12.1 Å². The van der Waals surface area contributed by atoms with Crippen LogP contribution in [0.1, 0.15) is 17.0 Å². The molecule has 0 spiro atoms. The number of hydrogen-bond donors (Lipinski definition) is 1. The Morgan fingerprint density at radius 2 is 1.79 bits per heavy atom. The van der Waals surface area contributed by atoms with Gasteiger partial charge in [0.05, 0.1) is 13.0 Å². The van der Waals surface area contributed by atoms with Gasteiger partial charge in [0.1, 0.15) is 5.82 Å². The van der Waals surface area contributed by atoms with Crippen LogP contribution in [0.15, 0.2) is 52.9 Å². The summed E-state index contributed by atoms with van der Waals surface area (Å²) in [6.45, 7) is 2.15. The van der Waals surface area contributed by atoms with Gasteiger partial charge in [0.2, 0.25) is 17.7 Å². The van der Waals surface area contributed by atoms with Crippen molar-refractivity contribution in [3.05, 3.63) is 71.4 Å². The van der Waals surface area contributed by atoms with E-state index < -0.39 is 0 Å². The molecule has 2 aromatic carbocycles. The van der Waals surface area contributed by atoms with Gasteiger partial charge in [-0.1, -0.05) is 29.8 Å². The molecular formula is C18H16FN3O2. The van der Waals surface area contributed by atoms with Crippen molar-refractivity contribution in [3.8, 4) is 11.5 Å². The molecule has 0 unspecified atom stereocenters. The number of aryl methyl sites for hydroxylation is 1. The van der Waals surface area contributed by atoms with Gasteiger partial charge in [-0.25, -0.2) is 4.39 Å². The van der Waals surface area contributed by atoms with Crippen LogP contribution in [0, 0.1) is 12.7 Å². The third kappa shape index (κ3) is 4.04. The van der Waals surface area contributed by atoms with Crippen LogP contribution in [-0.2, 0) is 17.8 Å². The number of benzene rings is 2. The van der Waals surface area contributed by atoms with E-state index >= 15 is 0 Å². The van der Waals surface area contributed by atoms with Crippen molar-refractivity contribution in [2.75, 3.05) is 0 Å². The second kappa shape index (κ2) is 7.04. The summed E-state index contributed by atoms with van der Waals surface area (Å²) in [6.07, 6.45) is 0.166. The first-order chi connectivity index (χ1) is 11.6. The first-order valence-electron chi connectivity index (χ1n) is 7.51. The van der Waals surface area contributed by atoms with Crippen molar-refractivity contribution in [3.63, 3.8) is 0 Å². The van der Waals surface area contributed by atoms with Crippen LogP contribution in [0.5, 0.6) is 0 Å². The van der Waals surface area contributed by atoms with E-state index in [-0.39, 0.29) is 24.7 Å². The Balaban J connectivity index is 1.56. The molecule has 0 aliphatic rings. The van der Waals surface area contributed by atoms with Crippen LogP contribution in [0.3, 0.4) is 0 Å². The van der Waals surface area contributed by atoms with Gasteiger partial charge in [0.15, 0.2) is 0 Å². The van der Waals surface area contributed by atoms with Gasteiger partial charge in [0.25, 0.3) is 0 Å². The average molecular weight is 325 g/mol. The van der Waals surface area contributed by atoms with Crippen molar-refractivity contribution < 1.29 is 13.6 Å². The molecule has 122 valence electrons. The molecule has 0 saturated carbocycles. The number of rotatable bonds is 5. The monoisotopic (exact) mass is 325 g/mol. The molecule has 0 saturated heterocycles. The summed E-state index contributed by atoms with van der Waals surface area (Å²) >= 11 is 0. The molecule has 0 radical (unpaired) electrons. The zero-order valence-corrected chi connectivity index (χ0v) is 13.1. The van der Waals surface area contributed by atoms with Gasteiger partial charge >= 0.3 is 0 Å². The predicted molar refractivity (Wildman–Crippen MR) is 86.4 cm³/mol. The summed E-state index contributed by atoms with van der Waals surface area (Å²) < 4.78 is 18.4. The maximum atomic E-state index is 12.8. The molecule has 0 bridgehead atoms. The van der Waals surface area contributed by atoms with E-state index in [9.17, 15) is 9.18 Å². The van der Waals surface area contributed by atoms with E-state index in [0.29, 0.717) is 11.8 Å². The molecule has 1 amide bonds. The molecule has 0 aliphatic carbocycles. The molecule has 6 heteroatoms. The predicted octanol–water partition coefficient (Wildman–Crippen LogP) is 3.04. The van der Waals surface area contributed by atoms with Gasteiger partial charge in [-0.2, -0.15) is 0 Å². The number of nitrogens with zero attached hydrogens (tertiary/aromatic N) is 2. The maximum absolute atomic E-state index is 12.8. The van der Waals surface area contributed by atoms with Crippen LogP contribution in [-0.4, -0.2) is 16.1 Å². The highest BCUT2D eigenvalue weighted by molar-refractivity contribution is 5.78. The zero-order chi connectivity index (χ0) is 16.9. The van der Waals surface area contributed by atoms with E-state index in [1.54, 1.807) is 12.1 Å². The normalized spacial score (nSPS) is 10.6. The van der Waals surface area contributed by atoms with Crippen LogP contribution in [0.25, 0.3) is 11.5 Å². The van der Waals surface area contributed by atoms with E-state index in [2.05, 4.69) is 15.5 Å². The molecule has 0 aliphatic heterocycles. The van der Waals surface area contributed by atoms with Gasteiger partial charge in [-0.15, -0.1) is 10.2 Å². The number of halogens is 1. The smallest absolute Gasteiger partial charge is 0.247 e. The third-order valence-electron chi connectivity index (χ3n) is 3.48. The molecule has 24 heavy (non-hydrogen) atoms. The Labute approximate surface area is 138 Å². The van der Waals surface area contributed by atoms with Crippen molar-refractivity contribution in [2.45, 2.75) is 19.9 Å². The molecule has 3 rings (SSSR count). The van der Waals surface area contributed by atoms with Crippen molar-refractivity contribution in [2.24, 2.45) is 0 Å². The van der Waals surface area contributed by atoms with Crippen molar-refractivity contribution in [1.82, 2.24) is 15.5 Å². The molecule has 0 atom stereocenters. The Morgan fingerprint density at radius 1 is 1.08 bits per heavy atom. The summed E-state index contributed by atoms with van der Waals surface area (Å²) in [7, 11) is 0. The summed E-state index contributed by atoms with van der Waals surface area (Å²) in [5.41, 5.74) is 2.71. The maximum Gasteiger partial charge on any atom is 0.247 e. The second-order valence-corrected chi connectivity index (χ2v) is 5.45. The van der Waals surface area contributed by atoms with Crippen molar-refractivity contribution >= 4 is 5.91 Å². The van der Waals surface area contributed by atoms with Gasteiger partial charge in [0, 0.05) is 5.56 Å². The van der Waals surface area contributed by atoms with Crippen molar-refractivity contribution in [1.29, 1.82) is 0 Å². The lowest BCUT2D eigenvalue weighted by Crippen LogP contribution is -2.24. The highest BCUT2D eigenvalue weighted by Gasteiger charge is 2.10. The molecule has 1 N–H and O–H groups in total. The Bertz CT molecular complexity index is 826. The summed E-state index contributed by atoms with van der Waals surface area (Å²) in [5.74, 6) is 0.223. The van der Waals surface area contributed by atoms with E-state index in [0.717, 1.165) is 16.7 Å². The molecule has 1 aromatic heterocycles. The van der Waals surface area contributed by atoms with Gasteiger partial charge < -0.3 is 9.73 Å². The number of nitrogens with one attached hydrogen (secondary N) is 1. The molecular weight excluding hydrogens is 309 g/mol. The minimum absolute atomic E-state index is 0.152. The van der Waals surface area contributed by atoms with E-state index in [1.807, 2.05) is 31.2 Å². The van der Waals surface area contributed by atoms with Crippen LogP contribution < -0.4 is 5.32 Å². The molecule has 0 fully saturated rings. The second-order valence-electron chi connectivity index (χ2n) is 5.45. The first-order valence-corrected chi connectivity index (χ1v) is 7.51. The standard InChI is InChI=1S/C18H16FN3O2/c1-12-2-6-14(7-3-12)18-22-21-17(24-18)11-20-16(23)10-13-4-8-15(19)9-5-13/h2-9H,10-11H2,1H3,(H,20,23). The molecule has 1 heterocycles. The largest absolute Gasteiger partial charge is 0.419 e. The lowest BCUT2D eigenvalue weighted by atomic mass is 10.1. The molecule has 3 aromatic rings. The Kier molecular flexibility index (Phi) is 4.65. The van der Waals surface area contributed by atoms with Gasteiger partial charge in [-0.05, 0) is 36.8 Å². The summed E-state index contributed by atoms with van der Waals surface area (Å²) in [4.78, 5) is 11.9. The highest BCUT2D eigenvalue weighted by Crippen LogP contribution is 2.18. The van der Waals surface area contributed by atoms with Crippen LogP contribution in [0.4, 0.5) is 4.39 Å². The first kappa shape index (κ1) is 15.9. The summed E-state index contributed by atoms with van der Waals surface area (Å²) in [6, 6.07) is 13.5. The Hall–Kier alpha value is -3.02. The lowest BCUT2D eigenvalue weighted by Gasteiger charge is -2.02. The SMILES string of the molecule is Cc1ccc(-c2nnc(CNC(=O)Cc3ccc(F)cc3)o2)cc1. The minimum atomic E-state index is -0.325. The fourth-order valence-electron chi connectivity index (χ4n) is 2.16. The van der Waals surface area contributed by atoms with Crippen LogP contribution >= 0.6 is 0 Å². The topological polar surface area (TPSA) is 68.0 Å². The Morgan fingerprint density at radius 3 is 2.50 bits per heavy atom. The number of carbonyl (C=O) groups excluding carboxylic acids is 1. The van der Waals surface area contributed by atoms with E-state index in [4.69, 9.17) is 4.42 Å². The molecule has 5 nitrogen and oxygen atoms in total. The number of carbonyl (C=O) groups is 1. The number of hydrogen-bond acceptors (Lipinski definition) is 4. The highest BCUT2D eigenvalue weighted by atomic mass is 19.1. The quantitative estimate of drug-likeness (QED) is 0.783. The van der Waals surface area contributed by atoms with Gasteiger partial charge in [-0.3, -0.25) is 4.79 Å². The lowest BCUT2D eigenvalue weighted by molar-refractivity contribution is -0.120. The fourth-order valence-corrected chi connectivity index (χ4v) is 2.16. The third-order valence-corrected chi connectivity index (χ3v) is 3.48. The minimum Gasteiger partial charge on any atom is -0.419 e. The zero-order valence-electron chi connectivity index (χ0n) is 13.1.